The van der Waals surface area contributed by atoms with Crippen molar-refractivity contribution in [1.29, 1.82) is 0 Å². The van der Waals surface area contributed by atoms with E-state index >= 15 is 0 Å². The molecule has 1 aliphatic carbocycles. The minimum atomic E-state index is -0.511. The molecule has 181 valence electrons. The maximum atomic E-state index is 5.95. The number of allylic oxidation sites excluding steroid dienone is 1. The molecule has 0 heterocycles. The first kappa shape index (κ1) is 24.3. The van der Waals surface area contributed by atoms with Crippen molar-refractivity contribution in [3.63, 3.8) is 0 Å². The Kier molecular flexibility index (Phi) is 7.25. The number of rotatable bonds is 8. The van der Waals surface area contributed by atoms with Crippen LogP contribution in [0.3, 0.4) is 0 Å². The first-order chi connectivity index (χ1) is 17.6. The second-order valence-electron chi connectivity index (χ2n) is 9.94. The Morgan fingerprint density at radius 2 is 1.39 bits per heavy atom. The summed E-state index contributed by atoms with van der Waals surface area (Å²) in [6.07, 6.45) is 6.23. The van der Waals surface area contributed by atoms with Crippen molar-refractivity contribution in [3.8, 4) is 39.1 Å². The molecule has 0 fully saturated rings. The Morgan fingerprint density at radius 3 is 2.00 bits per heavy atom. The Morgan fingerprint density at radius 1 is 0.722 bits per heavy atom. The van der Waals surface area contributed by atoms with Gasteiger partial charge in [-0.15, -0.1) is 0 Å². The molecule has 0 aliphatic heterocycles. The Bertz CT molecular complexity index is 1370. The number of ether oxygens (including phenoxy) is 1. The number of benzene rings is 4. The van der Waals surface area contributed by atoms with Crippen LogP contribution >= 0.6 is 0 Å². The summed E-state index contributed by atoms with van der Waals surface area (Å²) in [5, 5.41) is 0. The molecule has 36 heavy (non-hydrogen) atoms. The van der Waals surface area contributed by atoms with Crippen LogP contribution in [0.1, 0.15) is 42.9 Å². The lowest BCUT2D eigenvalue weighted by Crippen LogP contribution is -2.16. The van der Waals surface area contributed by atoms with E-state index in [9.17, 15) is 0 Å². The van der Waals surface area contributed by atoms with Crippen LogP contribution in [0.5, 0.6) is 5.75 Å². The zero-order valence-electron chi connectivity index (χ0n) is 21.8. The van der Waals surface area contributed by atoms with Crippen LogP contribution in [0.4, 0.5) is 0 Å². The molecule has 2 heteroatoms. The number of fused-ring (bicyclic) bond motifs is 1. The molecule has 4 aromatic rings. The fraction of sp³-hybridized carbons (Fsp3) is 0.235. The quantitative estimate of drug-likeness (QED) is 0.225. The van der Waals surface area contributed by atoms with Gasteiger partial charge in [0.25, 0.3) is 0 Å². The van der Waals surface area contributed by atoms with Crippen LogP contribution < -0.4 is 4.74 Å². The monoisotopic (exact) mass is 487 g/mol. The largest absolute Gasteiger partial charge is 0.496 e. The number of hydrogen-bond donors (Lipinski definition) is 0. The number of hydrogen-bond acceptors (Lipinski definition) is 1. The van der Waals surface area contributed by atoms with Crippen molar-refractivity contribution < 1.29 is 4.74 Å². The van der Waals surface area contributed by atoms with Gasteiger partial charge in [0.2, 0.25) is 0 Å². The van der Waals surface area contributed by atoms with E-state index in [2.05, 4.69) is 117 Å². The molecular formula is C34H35OSi. The van der Waals surface area contributed by atoms with Gasteiger partial charge in [0.05, 0.1) is 15.9 Å². The highest BCUT2D eigenvalue weighted by molar-refractivity contribution is 6.58. The fourth-order valence-electron chi connectivity index (χ4n) is 5.75. The minimum absolute atomic E-state index is 0.511. The van der Waals surface area contributed by atoms with Crippen LogP contribution in [0.25, 0.3) is 39.5 Å². The van der Waals surface area contributed by atoms with Crippen molar-refractivity contribution >= 4 is 14.9 Å². The topological polar surface area (TPSA) is 9.23 Å². The van der Waals surface area contributed by atoms with Gasteiger partial charge in [-0.2, -0.15) is 0 Å². The summed E-state index contributed by atoms with van der Waals surface area (Å²) in [6.45, 7) is 7.22. The van der Waals surface area contributed by atoms with Gasteiger partial charge < -0.3 is 4.74 Å². The molecule has 1 radical (unpaired) electrons. The number of unbranched alkanes of at least 4 members (excludes halogenated alkanes) is 1. The summed E-state index contributed by atoms with van der Waals surface area (Å²) in [6, 6.07) is 32.8. The van der Waals surface area contributed by atoms with E-state index in [0.717, 1.165) is 11.3 Å². The highest BCUT2D eigenvalue weighted by Crippen LogP contribution is 2.49. The highest BCUT2D eigenvalue weighted by Gasteiger charge is 2.30. The third kappa shape index (κ3) is 4.46. The average Bonchev–Trinajstić information content (AvgIpc) is 3.31. The zero-order chi connectivity index (χ0) is 25.1. The smallest absolute Gasteiger partial charge is 0.127 e. The van der Waals surface area contributed by atoms with Gasteiger partial charge in [-0.25, -0.2) is 0 Å². The van der Waals surface area contributed by atoms with Crippen LogP contribution in [0, 0.1) is 0 Å². The van der Waals surface area contributed by atoms with Gasteiger partial charge in [0.1, 0.15) is 5.75 Å². The summed E-state index contributed by atoms with van der Waals surface area (Å²) < 4.78 is 5.95. The summed E-state index contributed by atoms with van der Waals surface area (Å²) in [5.41, 5.74) is 12.5. The van der Waals surface area contributed by atoms with E-state index in [0.29, 0.717) is 5.54 Å². The van der Waals surface area contributed by atoms with Crippen LogP contribution in [0.15, 0.2) is 96.6 Å². The molecule has 1 unspecified atom stereocenters. The highest BCUT2D eigenvalue weighted by atomic mass is 28.3. The van der Waals surface area contributed by atoms with Gasteiger partial charge in [-0.1, -0.05) is 123 Å². The van der Waals surface area contributed by atoms with Gasteiger partial charge in [-0.3, -0.25) is 0 Å². The summed E-state index contributed by atoms with van der Waals surface area (Å²) in [4.78, 5) is 0. The minimum Gasteiger partial charge on any atom is -0.496 e. The molecule has 0 N–H and O–H groups in total. The first-order valence-corrected chi connectivity index (χ1v) is 15.7. The third-order valence-electron chi connectivity index (χ3n) is 7.35. The maximum Gasteiger partial charge on any atom is 0.127 e. The van der Waals surface area contributed by atoms with Gasteiger partial charge >= 0.3 is 0 Å². The van der Waals surface area contributed by atoms with Crippen molar-refractivity contribution in [2.45, 2.75) is 44.8 Å². The molecule has 5 rings (SSSR count). The average molecular weight is 488 g/mol. The lowest BCUT2D eigenvalue weighted by Gasteiger charge is -2.22. The van der Waals surface area contributed by atoms with E-state index in [1.807, 2.05) is 0 Å². The summed E-state index contributed by atoms with van der Waals surface area (Å²) >= 11 is 0. The molecular weight excluding hydrogens is 452 g/mol. The lowest BCUT2D eigenvalue weighted by atomic mass is 9.85. The van der Waals surface area contributed by atoms with Gasteiger partial charge in [-0.05, 0) is 57.8 Å². The maximum absolute atomic E-state index is 5.95. The Labute approximate surface area is 218 Å². The van der Waals surface area contributed by atoms with Gasteiger partial charge in [0, 0.05) is 11.1 Å². The van der Waals surface area contributed by atoms with E-state index in [4.69, 9.17) is 4.74 Å². The Hall–Kier alpha value is -3.36. The van der Waals surface area contributed by atoms with Gasteiger partial charge in [0.15, 0.2) is 0 Å². The van der Waals surface area contributed by atoms with Crippen LogP contribution in [0.2, 0.25) is 13.1 Å². The van der Waals surface area contributed by atoms with E-state index in [1.165, 1.54) is 58.2 Å². The molecule has 0 aromatic heterocycles. The van der Waals surface area contributed by atoms with Crippen LogP contribution in [-0.4, -0.2) is 15.9 Å². The number of methoxy groups -OCH3 is 1. The van der Waals surface area contributed by atoms with Crippen molar-refractivity contribution in [3.05, 3.63) is 108 Å². The predicted molar refractivity (Wildman–Crippen MR) is 157 cm³/mol. The van der Waals surface area contributed by atoms with E-state index in [1.54, 1.807) is 12.7 Å². The summed E-state index contributed by atoms with van der Waals surface area (Å²) in [7, 11) is 1.26. The SMILES string of the molecule is CCCCC1=Cc2c(-c3ccc(OC)c(-c4ccccc4)c3-c3ccccc3)cccc2C1[Si](C)C. The van der Waals surface area contributed by atoms with E-state index in [-0.39, 0.29) is 0 Å². The molecule has 0 amide bonds. The van der Waals surface area contributed by atoms with Crippen molar-refractivity contribution in [1.82, 2.24) is 0 Å². The third-order valence-corrected chi connectivity index (χ3v) is 9.19. The van der Waals surface area contributed by atoms with Crippen LogP contribution in [-0.2, 0) is 0 Å². The molecule has 1 nitrogen and oxygen atoms in total. The molecule has 0 saturated carbocycles. The molecule has 0 saturated heterocycles. The normalized spacial score (nSPS) is 14.6. The molecule has 1 atom stereocenters. The predicted octanol–water partition coefficient (Wildman–Crippen LogP) is 9.66. The van der Waals surface area contributed by atoms with E-state index < -0.39 is 8.80 Å². The fourth-order valence-corrected chi connectivity index (χ4v) is 7.60. The standard InChI is InChI=1S/C34H35OSi/c1-5-6-14-26-23-30-27(19-13-20-29(30)34(26)36(3)4)28-21-22-31(35-2)33(25-17-11-8-12-18-25)32(28)24-15-9-7-10-16-24/h7-13,15-23,34H,5-6,14H2,1-4H3. The second kappa shape index (κ2) is 10.7. The Balaban J connectivity index is 1.80. The first-order valence-electron chi connectivity index (χ1n) is 13.1. The summed E-state index contributed by atoms with van der Waals surface area (Å²) in [5.74, 6) is 0.904. The lowest BCUT2D eigenvalue weighted by molar-refractivity contribution is 0.416. The molecule has 0 bridgehead atoms. The van der Waals surface area contributed by atoms with Crippen molar-refractivity contribution in [2.24, 2.45) is 0 Å². The molecule has 1 aliphatic rings. The zero-order valence-corrected chi connectivity index (χ0v) is 22.8. The second-order valence-corrected chi connectivity index (χ2v) is 12.7. The molecule has 4 aromatic carbocycles. The van der Waals surface area contributed by atoms with Crippen molar-refractivity contribution in [2.75, 3.05) is 7.11 Å². The molecule has 0 spiro atoms.